The molecule has 0 heterocycles. The maximum atomic E-state index is 10.1. The van der Waals surface area contributed by atoms with Crippen LogP contribution < -0.4 is 0 Å². The maximum absolute atomic E-state index is 10.1. The van der Waals surface area contributed by atoms with Gasteiger partial charge in [-0.1, -0.05) is 13.8 Å². The predicted molar refractivity (Wildman–Crippen MR) is 67.4 cm³/mol. The Bertz CT molecular complexity index is 269. The van der Waals surface area contributed by atoms with Gasteiger partial charge in [-0.15, -0.1) is 0 Å². The molecule has 2 heteroatoms. The number of aliphatic hydroxyl groups excluding tert-OH is 1. The van der Waals surface area contributed by atoms with E-state index in [1.165, 1.54) is 32.1 Å². The van der Waals surface area contributed by atoms with E-state index < -0.39 is 6.29 Å². The summed E-state index contributed by atoms with van der Waals surface area (Å²) < 4.78 is 6.13. The lowest BCUT2D eigenvalue weighted by Crippen LogP contribution is -2.58. The summed E-state index contributed by atoms with van der Waals surface area (Å²) in [6.45, 7) is 6.33. The Hall–Kier alpha value is -0.0800. The number of ether oxygens (including phenoxy) is 1. The summed E-state index contributed by atoms with van der Waals surface area (Å²) in [5.41, 5.74) is -0.0445. The van der Waals surface area contributed by atoms with Gasteiger partial charge in [-0.2, -0.15) is 0 Å². The molecule has 0 aromatic rings. The zero-order valence-corrected chi connectivity index (χ0v) is 11.4. The Morgan fingerprint density at radius 1 is 1.00 bits per heavy atom. The van der Waals surface area contributed by atoms with Crippen molar-refractivity contribution in [2.75, 3.05) is 0 Å². The van der Waals surface area contributed by atoms with Gasteiger partial charge in [-0.3, -0.25) is 0 Å². The Kier molecular flexibility index (Phi) is 2.79. The lowest BCUT2D eigenvalue weighted by Gasteiger charge is -2.60. The number of aliphatic hydroxyl groups is 1. The van der Waals surface area contributed by atoms with Crippen molar-refractivity contribution in [1.82, 2.24) is 0 Å². The van der Waals surface area contributed by atoms with Crippen LogP contribution in [0.3, 0.4) is 0 Å². The molecule has 1 atom stereocenters. The topological polar surface area (TPSA) is 29.5 Å². The first kappa shape index (κ1) is 12.0. The molecule has 2 nitrogen and oxygen atoms in total. The molecule has 0 aliphatic heterocycles. The van der Waals surface area contributed by atoms with Crippen molar-refractivity contribution >= 4 is 0 Å². The average molecular weight is 238 g/mol. The SMILES string of the molecule is CC(C)C(O)OC1(C)C2CC3CC(C2)CC1C3. The van der Waals surface area contributed by atoms with Gasteiger partial charge in [0, 0.05) is 5.92 Å². The monoisotopic (exact) mass is 238 g/mol. The summed E-state index contributed by atoms with van der Waals surface area (Å²) in [7, 11) is 0. The average Bonchev–Trinajstić information content (AvgIpc) is 2.25. The third kappa shape index (κ3) is 1.84. The van der Waals surface area contributed by atoms with Crippen LogP contribution in [0.25, 0.3) is 0 Å². The Morgan fingerprint density at radius 3 is 1.88 bits per heavy atom. The van der Waals surface area contributed by atoms with E-state index >= 15 is 0 Å². The van der Waals surface area contributed by atoms with Crippen molar-refractivity contribution in [1.29, 1.82) is 0 Å². The zero-order valence-electron chi connectivity index (χ0n) is 11.4. The molecule has 4 aliphatic carbocycles. The fourth-order valence-electron chi connectivity index (χ4n) is 4.71. The van der Waals surface area contributed by atoms with E-state index in [4.69, 9.17) is 4.74 Å². The van der Waals surface area contributed by atoms with Crippen molar-refractivity contribution in [2.24, 2.45) is 29.6 Å². The summed E-state index contributed by atoms with van der Waals surface area (Å²) in [6.07, 6.45) is 6.25. The van der Waals surface area contributed by atoms with Crippen molar-refractivity contribution in [3.05, 3.63) is 0 Å². The number of hydrogen-bond acceptors (Lipinski definition) is 2. The summed E-state index contributed by atoms with van der Waals surface area (Å²) in [4.78, 5) is 0. The first-order chi connectivity index (χ1) is 7.99. The quantitative estimate of drug-likeness (QED) is 0.765. The fourth-order valence-corrected chi connectivity index (χ4v) is 4.71. The van der Waals surface area contributed by atoms with Crippen LogP contribution >= 0.6 is 0 Å². The van der Waals surface area contributed by atoms with Gasteiger partial charge in [0.25, 0.3) is 0 Å². The number of hydrogen-bond donors (Lipinski definition) is 1. The van der Waals surface area contributed by atoms with Gasteiger partial charge >= 0.3 is 0 Å². The van der Waals surface area contributed by atoms with Gasteiger partial charge in [0.2, 0.25) is 0 Å². The predicted octanol–water partition coefficient (Wildman–Crippen LogP) is 3.19. The van der Waals surface area contributed by atoms with E-state index in [0.29, 0.717) is 11.8 Å². The van der Waals surface area contributed by atoms with E-state index in [2.05, 4.69) is 6.92 Å². The third-order valence-corrected chi connectivity index (χ3v) is 5.70. The summed E-state index contributed by atoms with van der Waals surface area (Å²) >= 11 is 0. The van der Waals surface area contributed by atoms with Crippen LogP contribution in [0.15, 0.2) is 0 Å². The van der Waals surface area contributed by atoms with Gasteiger partial charge in [-0.25, -0.2) is 0 Å². The van der Waals surface area contributed by atoms with Crippen molar-refractivity contribution in [3.63, 3.8) is 0 Å². The molecule has 0 radical (unpaired) electrons. The van der Waals surface area contributed by atoms with E-state index in [9.17, 15) is 5.11 Å². The zero-order chi connectivity index (χ0) is 12.2. The first-order valence-electron chi connectivity index (χ1n) is 7.35. The highest BCUT2D eigenvalue weighted by atomic mass is 16.6. The van der Waals surface area contributed by atoms with Gasteiger partial charge in [-0.05, 0) is 62.7 Å². The van der Waals surface area contributed by atoms with Crippen LogP contribution in [0.2, 0.25) is 0 Å². The molecular formula is C15H26O2. The molecule has 0 amide bonds. The standard InChI is InChI=1S/C15H26O2/c1-9(2)14(16)17-15(3)12-5-10-4-11(7-12)8-13(15)6-10/h9-14,16H,4-8H2,1-3H3. The normalized spacial score (nSPS) is 49.9. The van der Waals surface area contributed by atoms with Crippen LogP contribution in [0.5, 0.6) is 0 Å². The number of rotatable bonds is 3. The molecule has 1 N–H and O–H groups in total. The van der Waals surface area contributed by atoms with Crippen LogP contribution in [-0.2, 0) is 4.74 Å². The molecule has 4 aliphatic rings. The van der Waals surface area contributed by atoms with Crippen molar-refractivity contribution < 1.29 is 9.84 Å². The van der Waals surface area contributed by atoms with Gasteiger partial charge in [0.15, 0.2) is 6.29 Å². The molecule has 0 spiro atoms. The molecule has 4 fully saturated rings. The molecule has 0 aromatic heterocycles. The van der Waals surface area contributed by atoms with Crippen LogP contribution in [0, 0.1) is 29.6 Å². The van der Waals surface area contributed by atoms with Crippen LogP contribution in [0.1, 0.15) is 52.9 Å². The smallest absolute Gasteiger partial charge is 0.157 e. The molecule has 98 valence electrons. The Morgan fingerprint density at radius 2 is 1.47 bits per heavy atom. The molecule has 1 unspecified atom stereocenters. The fraction of sp³-hybridized carbons (Fsp3) is 1.00. The molecule has 0 aromatic carbocycles. The highest BCUT2D eigenvalue weighted by molar-refractivity contribution is 5.06. The highest BCUT2D eigenvalue weighted by Crippen LogP contribution is 2.59. The van der Waals surface area contributed by atoms with Crippen molar-refractivity contribution in [3.8, 4) is 0 Å². The molecule has 17 heavy (non-hydrogen) atoms. The van der Waals surface area contributed by atoms with Gasteiger partial charge in [0.05, 0.1) is 5.60 Å². The Labute approximate surface area is 105 Å². The second kappa shape index (κ2) is 3.96. The first-order valence-corrected chi connectivity index (χ1v) is 7.35. The van der Waals surface area contributed by atoms with Gasteiger partial charge < -0.3 is 9.84 Å². The summed E-state index contributed by atoms with van der Waals surface area (Å²) in [6, 6.07) is 0. The molecule has 4 saturated carbocycles. The largest absolute Gasteiger partial charge is 0.368 e. The molecule has 0 saturated heterocycles. The summed E-state index contributed by atoms with van der Waals surface area (Å²) in [5, 5.41) is 10.1. The Balaban J connectivity index is 1.78. The molecule has 4 rings (SSSR count). The van der Waals surface area contributed by atoms with Crippen LogP contribution in [0.4, 0.5) is 0 Å². The van der Waals surface area contributed by atoms with Crippen LogP contribution in [-0.4, -0.2) is 17.0 Å². The minimum atomic E-state index is -0.586. The van der Waals surface area contributed by atoms with E-state index in [0.717, 1.165) is 11.8 Å². The van der Waals surface area contributed by atoms with Gasteiger partial charge in [0.1, 0.15) is 0 Å². The van der Waals surface area contributed by atoms with E-state index in [-0.39, 0.29) is 11.5 Å². The summed E-state index contributed by atoms with van der Waals surface area (Å²) in [5.74, 6) is 3.53. The minimum Gasteiger partial charge on any atom is -0.368 e. The molecular weight excluding hydrogens is 212 g/mol. The second-order valence-corrected chi connectivity index (χ2v) is 7.24. The van der Waals surface area contributed by atoms with E-state index in [1.807, 2.05) is 13.8 Å². The van der Waals surface area contributed by atoms with Crippen molar-refractivity contribution in [2.45, 2.75) is 64.8 Å². The second-order valence-electron chi connectivity index (χ2n) is 7.24. The highest BCUT2D eigenvalue weighted by Gasteiger charge is 2.56. The third-order valence-electron chi connectivity index (χ3n) is 5.70. The molecule has 4 bridgehead atoms. The lowest BCUT2D eigenvalue weighted by molar-refractivity contribution is -0.271. The lowest BCUT2D eigenvalue weighted by atomic mass is 9.50. The minimum absolute atomic E-state index is 0.0445. The maximum Gasteiger partial charge on any atom is 0.157 e. The van der Waals surface area contributed by atoms with E-state index in [1.54, 1.807) is 0 Å².